The Hall–Kier alpha value is -1.03. The van der Waals surface area contributed by atoms with Crippen LogP contribution in [0, 0.1) is 11.3 Å². The van der Waals surface area contributed by atoms with Crippen LogP contribution in [0.4, 0.5) is 13.2 Å². The van der Waals surface area contributed by atoms with Crippen LogP contribution < -0.4 is 5.73 Å². The van der Waals surface area contributed by atoms with Crippen LogP contribution in [0.1, 0.15) is 50.3 Å². The third-order valence-corrected chi connectivity index (χ3v) is 4.37. The Kier molecular flexibility index (Phi) is 3.65. The molecule has 1 aliphatic rings. The summed E-state index contributed by atoms with van der Waals surface area (Å²) in [5.41, 5.74) is 6.30. The molecule has 19 heavy (non-hydrogen) atoms. The minimum atomic E-state index is -4.30. The lowest BCUT2D eigenvalue weighted by Crippen LogP contribution is -2.29. The van der Waals surface area contributed by atoms with Crippen molar-refractivity contribution in [1.82, 2.24) is 0 Å². The average Bonchev–Trinajstić information content (AvgIpc) is 2.67. The molecule has 1 saturated carbocycles. The SMILES string of the molecule is CC1(C)CCCC1C(N)c1cccc(C(F)(F)F)c1. The van der Waals surface area contributed by atoms with E-state index in [2.05, 4.69) is 13.8 Å². The van der Waals surface area contributed by atoms with E-state index in [-0.39, 0.29) is 17.4 Å². The third-order valence-electron chi connectivity index (χ3n) is 4.37. The predicted octanol–water partition coefficient (Wildman–Crippen LogP) is 4.53. The number of rotatable bonds is 2. The molecule has 106 valence electrons. The molecule has 1 aromatic carbocycles. The highest BCUT2D eigenvalue weighted by molar-refractivity contribution is 5.28. The lowest BCUT2D eigenvalue weighted by atomic mass is 9.75. The van der Waals surface area contributed by atoms with Gasteiger partial charge in [-0.25, -0.2) is 0 Å². The second-order valence-corrected chi connectivity index (χ2v) is 6.14. The van der Waals surface area contributed by atoms with Crippen LogP contribution >= 0.6 is 0 Å². The zero-order chi connectivity index (χ0) is 14.3. The Bertz CT molecular complexity index is 451. The number of benzene rings is 1. The first-order chi connectivity index (χ1) is 8.72. The van der Waals surface area contributed by atoms with Gasteiger partial charge in [0.25, 0.3) is 0 Å². The molecule has 0 spiro atoms. The molecular weight excluding hydrogens is 251 g/mol. The van der Waals surface area contributed by atoms with Crippen molar-refractivity contribution in [3.63, 3.8) is 0 Å². The Labute approximate surface area is 112 Å². The summed E-state index contributed by atoms with van der Waals surface area (Å²) in [5, 5.41) is 0. The summed E-state index contributed by atoms with van der Waals surface area (Å²) in [4.78, 5) is 0. The van der Waals surface area contributed by atoms with Crippen LogP contribution in [0.3, 0.4) is 0 Å². The molecule has 0 heterocycles. The van der Waals surface area contributed by atoms with Crippen LogP contribution in [0.2, 0.25) is 0 Å². The first kappa shape index (κ1) is 14.4. The number of hydrogen-bond donors (Lipinski definition) is 1. The van der Waals surface area contributed by atoms with Gasteiger partial charge in [0.2, 0.25) is 0 Å². The third kappa shape index (κ3) is 2.94. The molecule has 0 bridgehead atoms. The fraction of sp³-hybridized carbons (Fsp3) is 0.600. The molecule has 0 amide bonds. The number of halogens is 3. The van der Waals surface area contributed by atoms with Gasteiger partial charge in [-0.1, -0.05) is 32.4 Å². The second kappa shape index (κ2) is 4.82. The van der Waals surface area contributed by atoms with Crippen molar-refractivity contribution in [2.45, 2.75) is 45.3 Å². The first-order valence-corrected chi connectivity index (χ1v) is 6.64. The summed E-state index contributed by atoms with van der Waals surface area (Å²) in [5.74, 6) is 0.246. The maximum absolute atomic E-state index is 12.7. The standard InChI is InChI=1S/C15H20F3N/c1-14(2)8-4-7-12(14)13(19)10-5-3-6-11(9-10)15(16,17)18/h3,5-6,9,12-13H,4,7-8,19H2,1-2H3. The van der Waals surface area contributed by atoms with Gasteiger partial charge in [0.05, 0.1) is 5.56 Å². The minimum Gasteiger partial charge on any atom is -0.324 e. The van der Waals surface area contributed by atoms with Gasteiger partial charge in [-0.05, 0) is 41.9 Å². The highest BCUT2D eigenvalue weighted by atomic mass is 19.4. The van der Waals surface area contributed by atoms with E-state index in [9.17, 15) is 13.2 Å². The van der Waals surface area contributed by atoms with Crippen molar-refractivity contribution in [3.05, 3.63) is 35.4 Å². The van der Waals surface area contributed by atoms with Gasteiger partial charge in [0.1, 0.15) is 0 Å². The molecule has 1 aliphatic carbocycles. The topological polar surface area (TPSA) is 26.0 Å². The van der Waals surface area contributed by atoms with E-state index >= 15 is 0 Å². The normalized spacial score (nSPS) is 24.4. The van der Waals surface area contributed by atoms with E-state index in [4.69, 9.17) is 5.73 Å². The molecule has 2 atom stereocenters. The van der Waals surface area contributed by atoms with Crippen molar-refractivity contribution < 1.29 is 13.2 Å². The quantitative estimate of drug-likeness (QED) is 0.840. The van der Waals surface area contributed by atoms with Gasteiger partial charge in [-0.3, -0.25) is 0 Å². The zero-order valence-corrected chi connectivity index (χ0v) is 11.3. The van der Waals surface area contributed by atoms with Crippen molar-refractivity contribution in [1.29, 1.82) is 0 Å². The van der Waals surface area contributed by atoms with E-state index in [0.717, 1.165) is 25.3 Å². The van der Waals surface area contributed by atoms with Crippen LogP contribution in [-0.2, 0) is 6.18 Å². The Morgan fingerprint density at radius 2 is 2.00 bits per heavy atom. The molecule has 4 heteroatoms. The van der Waals surface area contributed by atoms with E-state index in [1.807, 2.05) is 0 Å². The molecular formula is C15H20F3N. The molecule has 0 aliphatic heterocycles. The van der Waals surface area contributed by atoms with Gasteiger partial charge in [-0.15, -0.1) is 0 Å². The minimum absolute atomic E-state index is 0.105. The molecule has 0 radical (unpaired) electrons. The second-order valence-electron chi connectivity index (χ2n) is 6.14. The summed E-state index contributed by atoms with van der Waals surface area (Å²) in [6.45, 7) is 4.30. The van der Waals surface area contributed by atoms with Gasteiger partial charge >= 0.3 is 6.18 Å². The molecule has 0 aromatic heterocycles. The molecule has 1 aromatic rings. The number of alkyl halides is 3. The fourth-order valence-corrected chi connectivity index (χ4v) is 3.17. The van der Waals surface area contributed by atoms with E-state index in [0.29, 0.717) is 5.56 Å². The van der Waals surface area contributed by atoms with Crippen molar-refractivity contribution in [2.75, 3.05) is 0 Å². The molecule has 1 fully saturated rings. The molecule has 1 nitrogen and oxygen atoms in total. The summed E-state index contributed by atoms with van der Waals surface area (Å²) >= 11 is 0. The Morgan fingerprint density at radius 1 is 1.32 bits per heavy atom. The number of nitrogens with two attached hydrogens (primary N) is 1. The van der Waals surface area contributed by atoms with Crippen LogP contribution in [0.15, 0.2) is 24.3 Å². The van der Waals surface area contributed by atoms with E-state index in [1.165, 1.54) is 12.1 Å². The average molecular weight is 271 g/mol. The summed E-state index contributed by atoms with van der Waals surface area (Å²) < 4.78 is 38.2. The van der Waals surface area contributed by atoms with E-state index in [1.54, 1.807) is 6.07 Å². The zero-order valence-electron chi connectivity index (χ0n) is 11.3. The van der Waals surface area contributed by atoms with Gasteiger partial charge in [0, 0.05) is 6.04 Å². The smallest absolute Gasteiger partial charge is 0.324 e. The van der Waals surface area contributed by atoms with Gasteiger partial charge < -0.3 is 5.73 Å². The molecule has 2 rings (SSSR count). The lowest BCUT2D eigenvalue weighted by molar-refractivity contribution is -0.137. The Morgan fingerprint density at radius 3 is 2.53 bits per heavy atom. The molecule has 0 saturated heterocycles. The van der Waals surface area contributed by atoms with Gasteiger partial charge in [-0.2, -0.15) is 13.2 Å². The van der Waals surface area contributed by atoms with E-state index < -0.39 is 11.7 Å². The van der Waals surface area contributed by atoms with Crippen molar-refractivity contribution in [3.8, 4) is 0 Å². The fourth-order valence-electron chi connectivity index (χ4n) is 3.17. The van der Waals surface area contributed by atoms with Gasteiger partial charge in [0.15, 0.2) is 0 Å². The maximum Gasteiger partial charge on any atom is 0.416 e. The summed E-state index contributed by atoms with van der Waals surface area (Å²) in [6.07, 6.45) is -1.13. The highest BCUT2D eigenvalue weighted by Gasteiger charge is 2.39. The van der Waals surface area contributed by atoms with Crippen LogP contribution in [0.25, 0.3) is 0 Å². The summed E-state index contributed by atoms with van der Waals surface area (Å²) in [6, 6.07) is 5.11. The molecule has 2 N–H and O–H groups in total. The Balaban J connectivity index is 2.27. The predicted molar refractivity (Wildman–Crippen MR) is 69.5 cm³/mol. The monoisotopic (exact) mass is 271 g/mol. The molecule has 2 unspecified atom stereocenters. The lowest BCUT2D eigenvalue weighted by Gasteiger charge is -2.32. The summed E-state index contributed by atoms with van der Waals surface area (Å²) in [7, 11) is 0. The van der Waals surface area contributed by atoms with Crippen molar-refractivity contribution >= 4 is 0 Å². The van der Waals surface area contributed by atoms with Crippen LogP contribution in [0.5, 0.6) is 0 Å². The highest BCUT2D eigenvalue weighted by Crippen LogP contribution is 2.48. The van der Waals surface area contributed by atoms with Crippen molar-refractivity contribution in [2.24, 2.45) is 17.1 Å². The first-order valence-electron chi connectivity index (χ1n) is 6.64. The number of hydrogen-bond acceptors (Lipinski definition) is 1. The maximum atomic E-state index is 12.7. The largest absolute Gasteiger partial charge is 0.416 e. The van der Waals surface area contributed by atoms with Crippen LogP contribution in [-0.4, -0.2) is 0 Å².